The topological polar surface area (TPSA) is 40.5 Å². The Labute approximate surface area is 158 Å². The molecule has 0 bridgehead atoms. The van der Waals surface area contributed by atoms with E-state index in [9.17, 15) is 10.2 Å². The minimum absolute atomic E-state index is 0.243. The molecule has 2 nitrogen and oxygen atoms in total. The standard InChI is InChI=1S/C24H34O2/c1-9-24(8,20-16(6)10-12-18(14(2)3)22(20)25)21-17(7)11-13-19(15(4)5)23(21)26/h10-15,25-26H,9H2,1-8H3. The average molecular weight is 355 g/mol. The van der Waals surface area contributed by atoms with Crippen LogP contribution in [0.15, 0.2) is 24.3 Å². The third-order valence-electron chi connectivity index (χ3n) is 5.89. The van der Waals surface area contributed by atoms with Crippen molar-refractivity contribution in [1.82, 2.24) is 0 Å². The predicted octanol–water partition coefficient (Wildman–Crippen LogP) is 6.68. The highest BCUT2D eigenvalue weighted by atomic mass is 16.3. The van der Waals surface area contributed by atoms with E-state index in [0.29, 0.717) is 11.5 Å². The predicted molar refractivity (Wildman–Crippen MR) is 111 cm³/mol. The van der Waals surface area contributed by atoms with Gasteiger partial charge in [0.25, 0.3) is 0 Å². The average Bonchev–Trinajstić information content (AvgIpc) is 2.54. The summed E-state index contributed by atoms with van der Waals surface area (Å²) < 4.78 is 0. The normalized spacial score (nSPS) is 12.2. The number of aromatic hydroxyl groups is 2. The zero-order valence-electron chi connectivity index (χ0n) is 17.6. The van der Waals surface area contributed by atoms with Gasteiger partial charge < -0.3 is 10.2 Å². The van der Waals surface area contributed by atoms with Crippen molar-refractivity contribution in [2.24, 2.45) is 0 Å². The van der Waals surface area contributed by atoms with E-state index in [1.165, 1.54) is 0 Å². The zero-order chi connectivity index (χ0) is 19.8. The summed E-state index contributed by atoms with van der Waals surface area (Å²) in [5.41, 5.74) is 5.45. The lowest BCUT2D eigenvalue weighted by molar-refractivity contribution is 0.409. The fourth-order valence-corrected chi connectivity index (χ4v) is 4.22. The van der Waals surface area contributed by atoms with Crippen LogP contribution in [0.4, 0.5) is 0 Å². The summed E-state index contributed by atoms with van der Waals surface area (Å²) in [6.07, 6.45) is 0.791. The molecular formula is C24H34O2. The van der Waals surface area contributed by atoms with Crippen molar-refractivity contribution in [3.8, 4) is 11.5 Å². The van der Waals surface area contributed by atoms with Crippen LogP contribution < -0.4 is 0 Å². The molecule has 2 heteroatoms. The largest absolute Gasteiger partial charge is 0.507 e. The first-order chi connectivity index (χ1) is 12.1. The van der Waals surface area contributed by atoms with E-state index in [1.54, 1.807) is 0 Å². The Morgan fingerprint density at radius 1 is 0.769 bits per heavy atom. The van der Waals surface area contributed by atoms with Gasteiger partial charge in [-0.2, -0.15) is 0 Å². The molecule has 0 aliphatic heterocycles. The van der Waals surface area contributed by atoms with Crippen molar-refractivity contribution in [3.05, 3.63) is 57.6 Å². The Bertz CT molecular complexity index is 737. The van der Waals surface area contributed by atoms with Crippen LogP contribution in [0.25, 0.3) is 0 Å². The number of rotatable bonds is 5. The van der Waals surface area contributed by atoms with Gasteiger partial charge in [0.1, 0.15) is 11.5 Å². The first-order valence-corrected chi connectivity index (χ1v) is 9.72. The van der Waals surface area contributed by atoms with Crippen molar-refractivity contribution in [1.29, 1.82) is 0 Å². The van der Waals surface area contributed by atoms with E-state index in [4.69, 9.17) is 0 Å². The second kappa shape index (κ2) is 7.34. The van der Waals surface area contributed by atoms with E-state index < -0.39 is 5.41 Å². The van der Waals surface area contributed by atoms with Gasteiger partial charge in [-0.3, -0.25) is 0 Å². The molecule has 0 radical (unpaired) electrons. The lowest BCUT2D eigenvalue weighted by Gasteiger charge is -2.35. The van der Waals surface area contributed by atoms with Gasteiger partial charge in [0.05, 0.1) is 0 Å². The molecule has 0 heterocycles. The molecule has 26 heavy (non-hydrogen) atoms. The van der Waals surface area contributed by atoms with Crippen LogP contribution in [-0.4, -0.2) is 10.2 Å². The van der Waals surface area contributed by atoms with E-state index >= 15 is 0 Å². The van der Waals surface area contributed by atoms with Crippen LogP contribution in [0, 0.1) is 13.8 Å². The number of benzene rings is 2. The molecule has 142 valence electrons. The van der Waals surface area contributed by atoms with Crippen LogP contribution in [0.5, 0.6) is 11.5 Å². The lowest BCUT2D eigenvalue weighted by Crippen LogP contribution is -2.26. The Kier molecular flexibility index (Phi) is 5.75. The fourth-order valence-electron chi connectivity index (χ4n) is 4.22. The molecule has 0 aliphatic carbocycles. The number of hydrogen-bond donors (Lipinski definition) is 2. The third kappa shape index (κ3) is 3.22. The summed E-state index contributed by atoms with van der Waals surface area (Å²) in [5, 5.41) is 22.3. The van der Waals surface area contributed by atoms with Crippen molar-refractivity contribution in [3.63, 3.8) is 0 Å². The molecule has 2 rings (SSSR count). The minimum Gasteiger partial charge on any atom is -0.507 e. The van der Waals surface area contributed by atoms with Crippen LogP contribution in [0.3, 0.4) is 0 Å². The van der Waals surface area contributed by atoms with E-state index in [-0.39, 0.29) is 11.8 Å². The number of hydrogen-bond acceptors (Lipinski definition) is 2. The first-order valence-electron chi connectivity index (χ1n) is 9.72. The van der Waals surface area contributed by atoms with Crippen LogP contribution in [0.1, 0.15) is 93.2 Å². The third-order valence-corrected chi connectivity index (χ3v) is 5.89. The summed E-state index contributed by atoms with van der Waals surface area (Å²) >= 11 is 0. The van der Waals surface area contributed by atoms with Gasteiger partial charge in [0, 0.05) is 16.5 Å². The van der Waals surface area contributed by atoms with Crippen molar-refractivity contribution < 1.29 is 10.2 Å². The van der Waals surface area contributed by atoms with E-state index in [2.05, 4.69) is 53.7 Å². The van der Waals surface area contributed by atoms with Crippen LogP contribution in [0.2, 0.25) is 0 Å². The maximum Gasteiger partial charge on any atom is 0.123 e. The molecule has 0 amide bonds. The smallest absolute Gasteiger partial charge is 0.123 e. The van der Waals surface area contributed by atoms with Crippen LogP contribution >= 0.6 is 0 Å². The molecule has 0 spiro atoms. The van der Waals surface area contributed by atoms with Crippen molar-refractivity contribution >= 4 is 0 Å². The number of phenolic OH excluding ortho intramolecular Hbond substituents is 2. The van der Waals surface area contributed by atoms with Gasteiger partial charge >= 0.3 is 0 Å². The summed E-state index contributed by atoms with van der Waals surface area (Å²) in [6.45, 7) is 16.8. The Balaban J connectivity index is 2.88. The maximum absolute atomic E-state index is 11.1. The van der Waals surface area contributed by atoms with Gasteiger partial charge in [-0.05, 0) is 54.4 Å². The Morgan fingerprint density at radius 2 is 1.12 bits per heavy atom. The highest BCUT2D eigenvalue weighted by Crippen LogP contribution is 2.49. The van der Waals surface area contributed by atoms with Gasteiger partial charge in [0.15, 0.2) is 0 Å². The zero-order valence-corrected chi connectivity index (χ0v) is 17.6. The molecule has 0 unspecified atom stereocenters. The summed E-state index contributed by atoms with van der Waals surface area (Å²) in [5.74, 6) is 1.23. The fraction of sp³-hybridized carbons (Fsp3) is 0.500. The quantitative estimate of drug-likeness (QED) is 0.629. The maximum atomic E-state index is 11.1. The molecule has 0 aromatic heterocycles. The van der Waals surface area contributed by atoms with Gasteiger partial charge in [-0.25, -0.2) is 0 Å². The Hall–Kier alpha value is -1.96. The highest BCUT2D eigenvalue weighted by molar-refractivity contribution is 5.60. The molecule has 0 saturated heterocycles. The van der Waals surface area contributed by atoms with E-state index in [1.807, 2.05) is 26.0 Å². The molecule has 0 saturated carbocycles. The number of aryl methyl sites for hydroxylation is 2. The molecule has 2 N–H and O–H groups in total. The first kappa shape index (κ1) is 20.4. The molecule has 0 aliphatic rings. The molecular weight excluding hydrogens is 320 g/mol. The van der Waals surface area contributed by atoms with Gasteiger partial charge in [-0.1, -0.05) is 65.8 Å². The molecule has 0 atom stereocenters. The summed E-state index contributed by atoms with van der Waals surface area (Å²) in [6, 6.07) is 8.23. The molecule has 0 fully saturated rings. The second-order valence-corrected chi connectivity index (χ2v) is 8.39. The highest BCUT2D eigenvalue weighted by Gasteiger charge is 2.36. The summed E-state index contributed by atoms with van der Waals surface area (Å²) in [7, 11) is 0. The minimum atomic E-state index is -0.460. The molecule has 2 aromatic carbocycles. The molecule has 2 aromatic rings. The van der Waals surface area contributed by atoms with E-state index in [0.717, 1.165) is 39.8 Å². The lowest BCUT2D eigenvalue weighted by atomic mass is 9.69. The summed E-state index contributed by atoms with van der Waals surface area (Å²) in [4.78, 5) is 0. The van der Waals surface area contributed by atoms with Gasteiger partial charge in [0.2, 0.25) is 0 Å². The monoisotopic (exact) mass is 354 g/mol. The van der Waals surface area contributed by atoms with Crippen molar-refractivity contribution in [2.75, 3.05) is 0 Å². The van der Waals surface area contributed by atoms with Gasteiger partial charge in [-0.15, -0.1) is 0 Å². The van der Waals surface area contributed by atoms with Crippen LogP contribution in [-0.2, 0) is 5.41 Å². The SMILES string of the molecule is CCC(C)(c1c(C)ccc(C(C)C)c1O)c1c(C)ccc(C(C)C)c1O. The van der Waals surface area contributed by atoms with Crippen molar-refractivity contribution in [2.45, 2.75) is 79.1 Å². The number of phenols is 2. The second-order valence-electron chi connectivity index (χ2n) is 8.39. The Morgan fingerprint density at radius 3 is 1.38 bits per heavy atom.